The first-order chi connectivity index (χ1) is 11.7. The molecule has 2 heterocycles. The van der Waals surface area contributed by atoms with Crippen molar-refractivity contribution < 1.29 is 9.53 Å². The Hall–Kier alpha value is -2.27. The number of fused-ring (bicyclic) bond motifs is 1. The molecule has 0 spiro atoms. The number of methoxy groups -OCH3 is 1. The number of nitrogens with zero attached hydrogens (tertiary/aromatic N) is 2. The molecule has 126 valence electrons. The summed E-state index contributed by atoms with van der Waals surface area (Å²) in [4.78, 5) is 11.3. The summed E-state index contributed by atoms with van der Waals surface area (Å²) in [5, 5.41) is 8.77. The van der Waals surface area contributed by atoms with E-state index in [1.165, 1.54) is 12.8 Å². The number of carbonyl (C=O) groups is 1. The van der Waals surface area contributed by atoms with E-state index in [2.05, 4.69) is 11.4 Å². The monoisotopic (exact) mass is 345 g/mol. The molecular weight excluding hydrogens is 326 g/mol. The summed E-state index contributed by atoms with van der Waals surface area (Å²) in [5.74, 6) is -0.187. The van der Waals surface area contributed by atoms with Crippen LogP contribution in [-0.4, -0.2) is 29.4 Å². The molecule has 0 radical (unpaired) electrons. The van der Waals surface area contributed by atoms with Gasteiger partial charge in [-0.25, -0.2) is 0 Å². The molecule has 2 aromatic rings. The number of ether oxygens (including phenoxy) is 1. The number of carbonyl (C=O) groups excluding carboxylic acids is 1. The summed E-state index contributed by atoms with van der Waals surface area (Å²) in [7, 11) is 1.41. The fourth-order valence-corrected chi connectivity index (χ4v) is 2.97. The summed E-state index contributed by atoms with van der Waals surface area (Å²) in [6.45, 7) is 1.56. The van der Waals surface area contributed by atoms with Crippen molar-refractivity contribution in [2.45, 2.75) is 25.8 Å². The highest BCUT2D eigenvalue weighted by molar-refractivity contribution is 6.30. The first-order valence-corrected chi connectivity index (χ1v) is 8.39. The van der Waals surface area contributed by atoms with Crippen molar-refractivity contribution in [1.82, 2.24) is 15.1 Å². The number of esters is 1. The van der Waals surface area contributed by atoms with Gasteiger partial charge in [0.25, 0.3) is 0 Å². The number of rotatable bonds is 5. The van der Waals surface area contributed by atoms with E-state index < -0.39 is 0 Å². The number of benzene rings is 1. The van der Waals surface area contributed by atoms with Crippen LogP contribution in [-0.2, 0) is 22.5 Å². The van der Waals surface area contributed by atoms with Crippen molar-refractivity contribution in [2.24, 2.45) is 0 Å². The largest absolute Gasteiger partial charge is 0.469 e. The topological polar surface area (TPSA) is 56.2 Å². The van der Waals surface area contributed by atoms with Crippen molar-refractivity contribution in [3.8, 4) is 11.3 Å². The molecule has 5 nitrogen and oxygen atoms in total. The maximum absolute atomic E-state index is 11.3. The Balaban J connectivity index is 1.91. The smallest absolute Gasteiger partial charge is 0.305 e. The normalized spacial score (nSPS) is 13.1. The Morgan fingerprint density at radius 3 is 2.92 bits per heavy atom. The number of aryl methyl sites for hydroxylation is 1. The number of halogens is 1. The van der Waals surface area contributed by atoms with E-state index in [0.29, 0.717) is 24.4 Å². The van der Waals surface area contributed by atoms with Gasteiger partial charge in [-0.2, -0.15) is 5.10 Å². The first-order valence-electron chi connectivity index (χ1n) is 8.01. The van der Waals surface area contributed by atoms with Gasteiger partial charge in [0.15, 0.2) is 0 Å². The molecule has 0 saturated heterocycles. The zero-order valence-corrected chi connectivity index (χ0v) is 14.3. The number of aromatic nitrogens is 2. The average Bonchev–Trinajstić information content (AvgIpc) is 2.77. The molecule has 1 aliphatic rings. The van der Waals surface area contributed by atoms with Gasteiger partial charge in [0, 0.05) is 47.8 Å². The second kappa shape index (κ2) is 7.53. The second-order valence-electron chi connectivity index (χ2n) is 5.66. The second-order valence-corrected chi connectivity index (χ2v) is 6.09. The number of hydrogen-bond donors (Lipinski definition) is 1. The third kappa shape index (κ3) is 3.62. The number of nitrogens with one attached hydrogen (secondary N) is 1. The molecule has 0 saturated carbocycles. The third-order valence-corrected chi connectivity index (χ3v) is 4.32. The minimum absolute atomic E-state index is 0.187. The van der Waals surface area contributed by atoms with E-state index >= 15 is 0 Å². The SMILES string of the molecule is COC(=O)CCCn1nc(-c2ccc(Cl)cc2)c2c1CCNC=C2. The Morgan fingerprint density at radius 1 is 1.38 bits per heavy atom. The molecular formula is C18H20ClN3O2. The minimum Gasteiger partial charge on any atom is -0.469 e. The average molecular weight is 346 g/mol. The zero-order valence-electron chi connectivity index (χ0n) is 13.6. The molecule has 1 aliphatic heterocycles. The van der Waals surface area contributed by atoms with E-state index in [0.717, 1.165) is 29.8 Å². The van der Waals surface area contributed by atoms with E-state index in [1.807, 2.05) is 35.1 Å². The molecule has 24 heavy (non-hydrogen) atoms. The lowest BCUT2D eigenvalue weighted by Crippen LogP contribution is -2.13. The highest BCUT2D eigenvalue weighted by Gasteiger charge is 2.18. The lowest BCUT2D eigenvalue weighted by Gasteiger charge is -2.07. The first kappa shape index (κ1) is 16.6. The van der Waals surface area contributed by atoms with Gasteiger partial charge in [-0.15, -0.1) is 0 Å². The molecule has 1 aromatic heterocycles. The molecule has 1 N–H and O–H groups in total. The van der Waals surface area contributed by atoms with Crippen LogP contribution in [0.5, 0.6) is 0 Å². The summed E-state index contributed by atoms with van der Waals surface area (Å²) >= 11 is 5.99. The van der Waals surface area contributed by atoms with Crippen LogP contribution in [0, 0.1) is 0 Å². The van der Waals surface area contributed by atoms with Gasteiger partial charge in [0.2, 0.25) is 0 Å². The quantitative estimate of drug-likeness (QED) is 0.845. The van der Waals surface area contributed by atoms with Crippen LogP contribution in [0.3, 0.4) is 0 Å². The van der Waals surface area contributed by atoms with Gasteiger partial charge in [-0.05, 0) is 30.8 Å². The van der Waals surface area contributed by atoms with Crippen LogP contribution in [0.2, 0.25) is 5.02 Å². The van der Waals surface area contributed by atoms with Crippen molar-refractivity contribution in [1.29, 1.82) is 0 Å². The van der Waals surface area contributed by atoms with Crippen molar-refractivity contribution in [3.63, 3.8) is 0 Å². The number of hydrogen-bond acceptors (Lipinski definition) is 4. The zero-order chi connectivity index (χ0) is 16.9. The van der Waals surface area contributed by atoms with E-state index in [1.54, 1.807) is 0 Å². The predicted molar refractivity (Wildman–Crippen MR) is 94.7 cm³/mol. The molecule has 3 rings (SSSR count). The molecule has 0 amide bonds. The third-order valence-electron chi connectivity index (χ3n) is 4.07. The highest BCUT2D eigenvalue weighted by atomic mass is 35.5. The summed E-state index contributed by atoms with van der Waals surface area (Å²) in [6.07, 6.45) is 6.02. The lowest BCUT2D eigenvalue weighted by atomic mass is 10.0. The van der Waals surface area contributed by atoms with Gasteiger partial charge in [-0.1, -0.05) is 23.7 Å². The summed E-state index contributed by atoms with van der Waals surface area (Å²) in [6, 6.07) is 7.71. The van der Waals surface area contributed by atoms with Crippen molar-refractivity contribution in [3.05, 3.63) is 46.7 Å². The predicted octanol–water partition coefficient (Wildman–Crippen LogP) is 3.27. The summed E-state index contributed by atoms with van der Waals surface area (Å²) in [5.41, 5.74) is 4.29. The van der Waals surface area contributed by atoms with Gasteiger partial charge < -0.3 is 10.1 Å². The molecule has 0 bridgehead atoms. The Labute approximate surface area is 146 Å². The van der Waals surface area contributed by atoms with Crippen molar-refractivity contribution >= 4 is 23.6 Å². The fraction of sp³-hybridized carbons (Fsp3) is 0.333. The van der Waals surface area contributed by atoms with Gasteiger partial charge in [0.05, 0.1) is 12.8 Å². The molecule has 0 atom stereocenters. The molecule has 0 unspecified atom stereocenters. The Bertz CT molecular complexity index is 750. The van der Waals surface area contributed by atoms with Crippen LogP contribution in [0.1, 0.15) is 24.1 Å². The lowest BCUT2D eigenvalue weighted by molar-refractivity contribution is -0.140. The van der Waals surface area contributed by atoms with E-state index in [4.69, 9.17) is 21.4 Å². The van der Waals surface area contributed by atoms with Crippen LogP contribution < -0.4 is 5.32 Å². The van der Waals surface area contributed by atoms with Crippen LogP contribution >= 0.6 is 11.6 Å². The van der Waals surface area contributed by atoms with Gasteiger partial charge in [0.1, 0.15) is 0 Å². The van der Waals surface area contributed by atoms with Crippen LogP contribution in [0.25, 0.3) is 17.3 Å². The van der Waals surface area contributed by atoms with Gasteiger partial charge >= 0.3 is 5.97 Å². The van der Waals surface area contributed by atoms with E-state index in [-0.39, 0.29) is 5.97 Å². The molecule has 6 heteroatoms. The Kier molecular flexibility index (Phi) is 5.20. The fourth-order valence-electron chi connectivity index (χ4n) is 2.85. The van der Waals surface area contributed by atoms with Gasteiger partial charge in [-0.3, -0.25) is 9.48 Å². The molecule has 0 fully saturated rings. The Morgan fingerprint density at radius 2 is 2.17 bits per heavy atom. The van der Waals surface area contributed by atoms with E-state index in [9.17, 15) is 4.79 Å². The molecule has 1 aromatic carbocycles. The maximum atomic E-state index is 11.3. The maximum Gasteiger partial charge on any atom is 0.305 e. The van der Waals surface area contributed by atoms with Crippen LogP contribution in [0.4, 0.5) is 0 Å². The summed E-state index contributed by atoms with van der Waals surface area (Å²) < 4.78 is 6.72. The molecule has 0 aliphatic carbocycles. The van der Waals surface area contributed by atoms with Crippen molar-refractivity contribution in [2.75, 3.05) is 13.7 Å². The van der Waals surface area contributed by atoms with Crippen LogP contribution in [0.15, 0.2) is 30.5 Å². The standard InChI is InChI=1S/C18H20ClN3O2/c1-24-17(23)3-2-12-22-16-9-11-20-10-8-15(16)18(21-22)13-4-6-14(19)7-5-13/h4-8,10,20H,2-3,9,11-12H2,1H3. The highest BCUT2D eigenvalue weighted by Crippen LogP contribution is 2.29. The minimum atomic E-state index is -0.187.